The first kappa shape index (κ1) is 20.7. The summed E-state index contributed by atoms with van der Waals surface area (Å²) in [4.78, 5) is 30.6. The second-order valence-electron chi connectivity index (χ2n) is 6.86. The molecule has 0 aromatic heterocycles. The quantitative estimate of drug-likeness (QED) is 0.563. The minimum Gasteiger partial charge on any atom is -0.493 e. The molecule has 0 saturated carbocycles. The van der Waals surface area contributed by atoms with E-state index in [1.165, 1.54) is 28.8 Å². The number of likely N-dealkylation sites (N-methyl/N-ethyl adjacent to an activating group) is 1. The Balaban J connectivity index is 1.75. The van der Waals surface area contributed by atoms with E-state index >= 15 is 0 Å². The Kier molecular flexibility index (Phi) is 5.77. The van der Waals surface area contributed by atoms with Gasteiger partial charge in [0.15, 0.2) is 5.17 Å². The molecular formula is C24H20N2O4S. The maximum atomic E-state index is 12.9. The van der Waals surface area contributed by atoms with E-state index in [9.17, 15) is 14.7 Å². The van der Waals surface area contributed by atoms with Gasteiger partial charge in [-0.3, -0.25) is 9.69 Å². The van der Waals surface area contributed by atoms with Gasteiger partial charge in [-0.25, -0.2) is 9.79 Å². The standard InChI is InChI=1S/C24H20N2O4S/c1-3-30-20-12-11-15-7-4-5-10-18(15)19(20)14-21-22(27)26(2)24(31-21)25-17-9-6-8-16(13-17)23(28)29/h4-14H,3H2,1-2H3,(H,28,29)/b21-14+,25-24?. The number of carbonyl (C=O) groups is 2. The number of rotatable bonds is 5. The van der Waals surface area contributed by atoms with Gasteiger partial charge in [0, 0.05) is 12.6 Å². The van der Waals surface area contributed by atoms with E-state index in [0.29, 0.717) is 28.1 Å². The molecule has 0 unspecified atom stereocenters. The number of carbonyl (C=O) groups excluding carboxylic acids is 1. The maximum absolute atomic E-state index is 12.9. The maximum Gasteiger partial charge on any atom is 0.335 e. The van der Waals surface area contributed by atoms with Gasteiger partial charge in [-0.2, -0.15) is 0 Å². The number of aromatic carboxylic acids is 1. The first-order valence-electron chi connectivity index (χ1n) is 9.72. The van der Waals surface area contributed by atoms with Gasteiger partial charge in [-0.1, -0.05) is 36.4 Å². The van der Waals surface area contributed by atoms with E-state index in [4.69, 9.17) is 4.74 Å². The number of fused-ring (bicyclic) bond motifs is 1. The number of amidine groups is 1. The Bertz CT molecular complexity index is 1250. The Morgan fingerprint density at radius 2 is 1.97 bits per heavy atom. The monoisotopic (exact) mass is 432 g/mol. The predicted molar refractivity (Wildman–Crippen MR) is 124 cm³/mol. The molecule has 0 spiro atoms. The van der Waals surface area contributed by atoms with Crippen LogP contribution in [0, 0.1) is 0 Å². The molecule has 1 N–H and O–H groups in total. The molecular weight excluding hydrogens is 412 g/mol. The zero-order valence-corrected chi connectivity index (χ0v) is 17.8. The van der Waals surface area contributed by atoms with Gasteiger partial charge in [0.1, 0.15) is 5.75 Å². The number of aliphatic imine (C=N–C) groups is 1. The van der Waals surface area contributed by atoms with Gasteiger partial charge in [-0.15, -0.1) is 0 Å². The number of carboxylic acids is 1. The van der Waals surface area contributed by atoms with Gasteiger partial charge < -0.3 is 9.84 Å². The first-order valence-corrected chi connectivity index (χ1v) is 10.5. The molecule has 1 heterocycles. The van der Waals surface area contributed by atoms with Crippen LogP contribution in [0.4, 0.5) is 5.69 Å². The van der Waals surface area contributed by atoms with Crippen molar-refractivity contribution in [3.63, 3.8) is 0 Å². The highest BCUT2D eigenvalue weighted by Gasteiger charge is 2.31. The summed E-state index contributed by atoms with van der Waals surface area (Å²) in [5.74, 6) is -0.483. The molecule has 1 amide bonds. The molecule has 156 valence electrons. The summed E-state index contributed by atoms with van der Waals surface area (Å²) >= 11 is 1.25. The molecule has 31 heavy (non-hydrogen) atoms. The summed E-state index contributed by atoms with van der Waals surface area (Å²) in [5, 5.41) is 11.7. The van der Waals surface area contributed by atoms with E-state index in [-0.39, 0.29) is 11.5 Å². The minimum absolute atomic E-state index is 0.145. The Hall–Kier alpha value is -3.58. The molecule has 0 radical (unpaired) electrons. The zero-order valence-electron chi connectivity index (χ0n) is 17.0. The van der Waals surface area contributed by atoms with Gasteiger partial charge in [0.2, 0.25) is 0 Å². The normalized spacial score (nSPS) is 16.5. The minimum atomic E-state index is -1.02. The molecule has 1 fully saturated rings. The number of nitrogens with zero attached hydrogens (tertiary/aromatic N) is 2. The fourth-order valence-electron chi connectivity index (χ4n) is 3.31. The molecule has 3 aromatic rings. The fraction of sp³-hybridized carbons (Fsp3) is 0.125. The summed E-state index contributed by atoms with van der Waals surface area (Å²) in [6.45, 7) is 2.44. The van der Waals surface area contributed by atoms with Crippen molar-refractivity contribution in [1.29, 1.82) is 0 Å². The molecule has 1 aliphatic rings. The van der Waals surface area contributed by atoms with Crippen LogP contribution >= 0.6 is 11.8 Å². The van der Waals surface area contributed by atoms with Crippen molar-refractivity contribution in [2.24, 2.45) is 4.99 Å². The topological polar surface area (TPSA) is 79.2 Å². The molecule has 6 nitrogen and oxygen atoms in total. The van der Waals surface area contributed by atoms with E-state index in [1.54, 1.807) is 19.2 Å². The SMILES string of the molecule is CCOc1ccc2ccccc2c1/C=C1/SC(=Nc2cccc(C(=O)O)c2)N(C)C1=O. The lowest BCUT2D eigenvalue weighted by Crippen LogP contribution is -2.23. The van der Waals surface area contributed by atoms with Crippen LogP contribution in [0.15, 0.2) is 70.6 Å². The lowest BCUT2D eigenvalue weighted by molar-refractivity contribution is -0.121. The molecule has 4 rings (SSSR count). The number of hydrogen-bond acceptors (Lipinski definition) is 5. The molecule has 3 aromatic carbocycles. The lowest BCUT2D eigenvalue weighted by atomic mass is 10.0. The average Bonchev–Trinajstić information content (AvgIpc) is 3.03. The summed E-state index contributed by atoms with van der Waals surface area (Å²) < 4.78 is 5.81. The van der Waals surface area contributed by atoms with Crippen molar-refractivity contribution in [1.82, 2.24) is 4.90 Å². The van der Waals surface area contributed by atoms with Crippen molar-refractivity contribution in [2.75, 3.05) is 13.7 Å². The number of benzene rings is 3. The van der Waals surface area contributed by atoms with Crippen molar-refractivity contribution >= 4 is 51.3 Å². The number of carboxylic acid groups (broad SMARTS) is 1. The number of thioether (sulfide) groups is 1. The Morgan fingerprint density at radius 1 is 1.16 bits per heavy atom. The van der Waals surface area contributed by atoms with Crippen LogP contribution in [0.5, 0.6) is 5.75 Å². The van der Waals surface area contributed by atoms with E-state index in [1.807, 2.05) is 49.4 Å². The third kappa shape index (κ3) is 4.18. The molecule has 7 heteroatoms. The van der Waals surface area contributed by atoms with Crippen molar-refractivity contribution in [3.8, 4) is 5.75 Å². The van der Waals surface area contributed by atoms with E-state index in [0.717, 1.165) is 16.3 Å². The predicted octanol–water partition coefficient (Wildman–Crippen LogP) is 5.17. The lowest BCUT2D eigenvalue weighted by Gasteiger charge is -2.11. The van der Waals surface area contributed by atoms with Gasteiger partial charge in [0.25, 0.3) is 5.91 Å². The van der Waals surface area contributed by atoms with E-state index in [2.05, 4.69) is 4.99 Å². The van der Waals surface area contributed by atoms with E-state index < -0.39 is 5.97 Å². The molecule has 0 bridgehead atoms. The molecule has 0 atom stereocenters. The second kappa shape index (κ2) is 8.65. The van der Waals surface area contributed by atoms with Gasteiger partial charge in [0.05, 0.1) is 22.8 Å². The van der Waals surface area contributed by atoms with Crippen molar-refractivity contribution in [3.05, 3.63) is 76.7 Å². The summed E-state index contributed by atoms with van der Waals surface area (Å²) in [6, 6.07) is 18.2. The summed E-state index contributed by atoms with van der Waals surface area (Å²) in [5.41, 5.74) is 1.47. The van der Waals surface area contributed by atoms with Gasteiger partial charge >= 0.3 is 5.97 Å². The third-order valence-corrected chi connectivity index (χ3v) is 5.89. The second-order valence-corrected chi connectivity index (χ2v) is 7.87. The average molecular weight is 433 g/mol. The number of ether oxygens (including phenoxy) is 1. The smallest absolute Gasteiger partial charge is 0.335 e. The van der Waals surface area contributed by atoms with Crippen LogP contribution in [0.25, 0.3) is 16.8 Å². The summed E-state index contributed by atoms with van der Waals surface area (Å²) in [6.07, 6.45) is 1.84. The third-order valence-electron chi connectivity index (χ3n) is 4.83. The number of hydrogen-bond donors (Lipinski definition) is 1. The molecule has 0 aliphatic carbocycles. The zero-order chi connectivity index (χ0) is 22.0. The summed E-state index contributed by atoms with van der Waals surface area (Å²) in [7, 11) is 1.66. The van der Waals surface area contributed by atoms with Crippen LogP contribution < -0.4 is 4.74 Å². The molecule has 1 aliphatic heterocycles. The highest BCUT2D eigenvalue weighted by molar-refractivity contribution is 8.18. The fourth-order valence-corrected chi connectivity index (χ4v) is 4.28. The largest absolute Gasteiger partial charge is 0.493 e. The van der Waals surface area contributed by atoms with Crippen LogP contribution in [-0.2, 0) is 4.79 Å². The van der Waals surface area contributed by atoms with Crippen molar-refractivity contribution in [2.45, 2.75) is 6.92 Å². The Morgan fingerprint density at radius 3 is 2.74 bits per heavy atom. The Labute approximate surface area is 183 Å². The van der Waals surface area contributed by atoms with Crippen LogP contribution in [0.2, 0.25) is 0 Å². The van der Waals surface area contributed by atoms with Crippen LogP contribution in [0.1, 0.15) is 22.8 Å². The van der Waals surface area contributed by atoms with Crippen LogP contribution in [0.3, 0.4) is 0 Å². The number of amides is 1. The van der Waals surface area contributed by atoms with Crippen LogP contribution in [-0.4, -0.2) is 40.7 Å². The first-order chi connectivity index (χ1) is 15.0. The van der Waals surface area contributed by atoms with Crippen molar-refractivity contribution < 1.29 is 19.4 Å². The molecule has 1 saturated heterocycles. The highest BCUT2D eigenvalue weighted by Crippen LogP contribution is 2.37. The van der Waals surface area contributed by atoms with Gasteiger partial charge in [-0.05, 0) is 59.8 Å². The highest BCUT2D eigenvalue weighted by atomic mass is 32.2.